The van der Waals surface area contributed by atoms with Crippen LogP contribution in [0, 0.1) is 0 Å². The summed E-state index contributed by atoms with van der Waals surface area (Å²) in [5, 5.41) is 18.1. The Balaban J connectivity index is 2.56. The standard InChI is InChI=1S/C15H25BO3/c1-3-5-7-14(8-6-4-2)19-15-11-9-13(10-12-15)16(17)18/h9-12,14,17-18H,3-8H2,1-2H3. The van der Waals surface area contributed by atoms with Gasteiger partial charge < -0.3 is 14.8 Å². The molecule has 19 heavy (non-hydrogen) atoms. The third-order valence-corrected chi connectivity index (χ3v) is 3.24. The van der Waals surface area contributed by atoms with Crippen molar-refractivity contribution in [2.45, 2.75) is 58.5 Å². The summed E-state index contributed by atoms with van der Waals surface area (Å²) < 4.78 is 5.99. The van der Waals surface area contributed by atoms with E-state index in [0.717, 1.165) is 18.6 Å². The van der Waals surface area contributed by atoms with Crippen LogP contribution in [0.3, 0.4) is 0 Å². The molecule has 2 N–H and O–H groups in total. The number of benzene rings is 1. The molecule has 106 valence electrons. The highest BCUT2D eigenvalue weighted by molar-refractivity contribution is 6.58. The molecule has 4 heteroatoms. The Hall–Kier alpha value is -0.995. The van der Waals surface area contributed by atoms with Gasteiger partial charge in [-0.15, -0.1) is 0 Å². The number of ether oxygens (including phenoxy) is 1. The second-order valence-corrected chi connectivity index (χ2v) is 4.97. The fourth-order valence-electron chi connectivity index (χ4n) is 2.04. The fourth-order valence-corrected chi connectivity index (χ4v) is 2.04. The molecule has 1 rings (SSSR count). The van der Waals surface area contributed by atoms with E-state index in [4.69, 9.17) is 14.8 Å². The summed E-state index contributed by atoms with van der Waals surface area (Å²) in [7, 11) is -1.41. The maximum atomic E-state index is 9.04. The van der Waals surface area contributed by atoms with Crippen LogP contribution in [0.5, 0.6) is 5.75 Å². The third kappa shape index (κ3) is 6.12. The van der Waals surface area contributed by atoms with Crippen LogP contribution in [-0.4, -0.2) is 23.3 Å². The van der Waals surface area contributed by atoms with Crippen LogP contribution < -0.4 is 10.2 Å². The Morgan fingerprint density at radius 2 is 1.53 bits per heavy atom. The zero-order valence-corrected chi connectivity index (χ0v) is 12.0. The first kappa shape index (κ1) is 16.1. The second-order valence-electron chi connectivity index (χ2n) is 4.97. The normalized spacial score (nSPS) is 10.8. The van der Waals surface area contributed by atoms with Crippen molar-refractivity contribution in [1.82, 2.24) is 0 Å². The summed E-state index contributed by atoms with van der Waals surface area (Å²) in [5.74, 6) is 0.807. The number of unbranched alkanes of at least 4 members (excludes halogenated alkanes) is 2. The minimum Gasteiger partial charge on any atom is -0.490 e. The Kier molecular flexibility index (Phi) is 7.60. The molecular formula is C15H25BO3. The Morgan fingerprint density at radius 3 is 1.95 bits per heavy atom. The molecule has 0 radical (unpaired) electrons. The highest BCUT2D eigenvalue weighted by Crippen LogP contribution is 2.17. The van der Waals surface area contributed by atoms with Crippen molar-refractivity contribution in [2.24, 2.45) is 0 Å². The summed E-state index contributed by atoms with van der Waals surface area (Å²) in [6.45, 7) is 4.38. The summed E-state index contributed by atoms with van der Waals surface area (Å²) in [6.07, 6.45) is 7.17. The van der Waals surface area contributed by atoms with Gasteiger partial charge in [-0.2, -0.15) is 0 Å². The first-order valence-electron chi connectivity index (χ1n) is 7.30. The van der Waals surface area contributed by atoms with Crippen molar-refractivity contribution < 1.29 is 14.8 Å². The fraction of sp³-hybridized carbons (Fsp3) is 0.600. The van der Waals surface area contributed by atoms with Gasteiger partial charge in [0.25, 0.3) is 0 Å². The van der Waals surface area contributed by atoms with Crippen molar-refractivity contribution in [1.29, 1.82) is 0 Å². The van der Waals surface area contributed by atoms with Crippen LogP contribution >= 0.6 is 0 Å². The lowest BCUT2D eigenvalue weighted by Gasteiger charge is -2.19. The number of hydrogen-bond donors (Lipinski definition) is 2. The van der Waals surface area contributed by atoms with Crippen LogP contribution in [0.2, 0.25) is 0 Å². The third-order valence-electron chi connectivity index (χ3n) is 3.24. The summed E-state index contributed by atoms with van der Waals surface area (Å²) in [6, 6.07) is 6.99. The number of hydrogen-bond acceptors (Lipinski definition) is 3. The zero-order chi connectivity index (χ0) is 14.1. The highest BCUT2D eigenvalue weighted by Gasteiger charge is 2.12. The minimum absolute atomic E-state index is 0.268. The topological polar surface area (TPSA) is 49.7 Å². The molecule has 0 aliphatic rings. The van der Waals surface area contributed by atoms with Gasteiger partial charge in [-0.25, -0.2) is 0 Å². The quantitative estimate of drug-likeness (QED) is 0.674. The van der Waals surface area contributed by atoms with Crippen LogP contribution in [-0.2, 0) is 0 Å². The molecule has 0 atom stereocenters. The lowest BCUT2D eigenvalue weighted by molar-refractivity contribution is 0.174. The molecule has 1 aromatic carbocycles. The molecule has 0 bridgehead atoms. The highest BCUT2D eigenvalue weighted by atomic mass is 16.5. The monoisotopic (exact) mass is 264 g/mol. The molecule has 0 spiro atoms. The van der Waals surface area contributed by atoms with E-state index in [1.165, 1.54) is 25.7 Å². The molecule has 1 aromatic rings. The van der Waals surface area contributed by atoms with Gasteiger partial charge in [-0.05, 0) is 30.4 Å². The predicted molar refractivity (Wildman–Crippen MR) is 79.7 cm³/mol. The molecule has 0 heterocycles. The lowest BCUT2D eigenvalue weighted by atomic mass is 9.80. The Labute approximate surface area is 116 Å². The molecule has 3 nitrogen and oxygen atoms in total. The van der Waals surface area contributed by atoms with Crippen LogP contribution in [0.1, 0.15) is 52.4 Å². The first-order chi connectivity index (χ1) is 9.17. The molecule has 0 aromatic heterocycles. The lowest BCUT2D eigenvalue weighted by Crippen LogP contribution is -2.29. The van der Waals surface area contributed by atoms with Crippen molar-refractivity contribution in [3.05, 3.63) is 24.3 Å². The van der Waals surface area contributed by atoms with E-state index in [-0.39, 0.29) is 6.10 Å². The van der Waals surface area contributed by atoms with Gasteiger partial charge in [0.2, 0.25) is 0 Å². The molecule has 0 saturated carbocycles. The Bertz CT molecular complexity index is 330. The van der Waals surface area contributed by atoms with E-state index in [0.29, 0.717) is 5.46 Å². The van der Waals surface area contributed by atoms with Crippen LogP contribution in [0.4, 0.5) is 0 Å². The van der Waals surface area contributed by atoms with Gasteiger partial charge in [-0.1, -0.05) is 51.7 Å². The summed E-state index contributed by atoms with van der Waals surface area (Å²) >= 11 is 0. The molecule has 0 unspecified atom stereocenters. The maximum absolute atomic E-state index is 9.04. The average Bonchev–Trinajstić information content (AvgIpc) is 2.42. The van der Waals surface area contributed by atoms with E-state index in [9.17, 15) is 0 Å². The van der Waals surface area contributed by atoms with E-state index in [1.54, 1.807) is 24.3 Å². The van der Waals surface area contributed by atoms with Gasteiger partial charge in [-0.3, -0.25) is 0 Å². The van der Waals surface area contributed by atoms with Gasteiger partial charge in [0.15, 0.2) is 0 Å². The SMILES string of the molecule is CCCCC(CCCC)Oc1ccc(B(O)O)cc1. The summed E-state index contributed by atoms with van der Waals surface area (Å²) in [4.78, 5) is 0. The predicted octanol–water partition coefficient (Wildman–Crippen LogP) is 2.49. The molecule has 0 fully saturated rings. The molecule has 0 saturated heterocycles. The first-order valence-corrected chi connectivity index (χ1v) is 7.30. The van der Waals surface area contributed by atoms with E-state index in [2.05, 4.69) is 13.8 Å². The smallest absolute Gasteiger partial charge is 0.488 e. The van der Waals surface area contributed by atoms with E-state index in [1.807, 2.05) is 0 Å². The molecule has 0 amide bonds. The van der Waals surface area contributed by atoms with Crippen molar-refractivity contribution in [3.8, 4) is 5.75 Å². The molecule has 0 aliphatic carbocycles. The van der Waals surface area contributed by atoms with Gasteiger partial charge in [0, 0.05) is 0 Å². The zero-order valence-electron chi connectivity index (χ0n) is 12.0. The maximum Gasteiger partial charge on any atom is 0.488 e. The van der Waals surface area contributed by atoms with Gasteiger partial charge >= 0.3 is 7.12 Å². The van der Waals surface area contributed by atoms with Gasteiger partial charge in [0.05, 0.1) is 6.10 Å². The Morgan fingerprint density at radius 1 is 1.00 bits per heavy atom. The van der Waals surface area contributed by atoms with Crippen LogP contribution in [0.25, 0.3) is 0 Å². The van der Waals surface area contributed by atoms with E-state index < -0.39 is 7.12 Å². The van der Waals surface area contributed by atoms with Gasteiger partial charge in [0.1, 0.15) is 5.75 Å². The van der Waals surface area contributed by atoms with Crippen molar-refractivity contribution in [2.75, 3.05) is 0 Å². The van der Waals surface area contributed by atoms with Crippen LogP contribution in [0.15, 0.2) is 24.3 Å². The number of rotatable bonds is 9. The van der Waals surface area contributed by atoms with E-state index >= 15 is 0 Å². The minimum atomic E-state index is -1.41. The largest absolute Gasteiger partial charge is 0.490 e. The molecule has 0 aliphatic heterocycles. The van der Waals surface area contributed by atoms with Crippen molar-refractivity contribution >= 4 is 12.6 Å². The average molecular weight is 264 g/mol. The molecular weight excluding hydrogens is 239 g/mol. The summed E-state index contributed by atoms with van der Waals surface area (Å²) in [5.41, 5.74) is 0.492. The van der Waals surface area contributed by atoms with Crippen molar-refractivity contribution in [3.63, 3.8) is 0 Å². The second kappa shape index (κ2) is 9.00.